The summed E-state index contributed by atoms with van der Waals surface area (Å²) in [5.74, 6) is 1.25. The summed E-state index contributed by atoms with van der Waals surface area (Å²) in [6.07, 6.45) is 12.3. The van der Waals surface area contributed by atoms with Gasteiger partial charge < -0.3 is 0 Å². The number of aryl methyl sites for hydroxylation is 4. The Bertz CT molecular complexity index is 916. The Morgan fingerprint density at radius 3 is 2.00 bits per heavy atom. The van der Waals surface area contributed by atoms with Crippen LogP contribution in [0.3, 0.4) is 0 Å². The zero-order chi connectivity index (χ0) is 18.4. The number of allylic oxidation sites excluding steroid dienone is 2. The van der Waals surface area contributed by atoms with Crippen molar-refractivity contribution >= 4 is 12.2 Å². The van der Waals surface area contributed by atoms with Crippen LogP contribution in [0.4, 0.5) is 0 Å². The van der Waals surface area contributed by atoms with Gasteiger partial charge in [0.05, 0.1) is 0 Å². The molecule has 0 nitrogen and oxygen atoms in total. The van der Waals surface area contributed by atoms with E-state index < -0.39 is 0 Å². The van der Waals surface area contributed by atoms with Crippen LogP contribution >= 0.6 is 0 Å². The quantitative estimate of drug-likeness (QED) is 0.506. The summed E-state index contributed by atoms with van der Waals surface area (Å²) in [4.78, 5) is 0. The molecular formula is C25H27Y. The van der Waals surface area contributed by atoms with Crippen LogP contribution in [0.25, 0.3) is 12.2 Å². The van der Waals surface area contributed by atoms with Gasteiger partial charge in [0.2, 0.25) is 0 Å². The number of hydrogen-bond donors (Lipinski definition) is 0. The summed E-state index contributed by atoms with van der Waals surface area (Å²) in [5, 5.41) is 0. The van der Waals surface area contributed by atoms with Crippen molar-refractivity contribution in [2.75, 3.05) is 0 Å². The molecule has 0 saturated carbocycles. The first-order chi connectivity index (χ1) is 12.5. The molecule has 2 aliphatic rings. The third-order valence-electron chi connectivity index (χ3n) is 6.39. The summed E-state index contributed by atoms with van der Waals surface area (Å²) in [5.41, 5.74) is 12.0. The summed E-state index contributed by atoms with van der Waals surface area (Å²) in [6, 6.07) is 9.15. The fraction of sp³-hybridized carbons (Fsp3) is 0.360. The zero-order valence-corrected chi connectivity index (χ0v) is 19.2. The van der Waals surface area contributed by atoms with E-state index in [1.54, 1.807) is 11.1 Å². The van der Waals surface area contributed by atoms with Crippen LogP contribution in [0.1, 0.15) is 69.2 Å². The van der Waals surface area contributed by atoms with Gasteiger partial charge in [0.15, 0.2) is 0 Å². The SMILES string of the molecule is Cc1ccc(C)c2c1C=CC2CC[CH]([Y])C1C=Cc2c(C)ccc(C)c21. The summed E-state index contributed by atoms with van der Waals surface area (Å²) in [7, 11) is 0. The second kappa shape index (κ2) is 7.21. The zero-order valence-electron chi connectivity index (χ0n) is 16.3. The third kappa shape index (κ3) is 3.10. The first-order valence-corrected chi connectivity index (χ1v) is 11.4. The Morgan fingerprint density at radius 2 is 1.31 bits per heavy atom. The normalized spacial score (nSPS) is 21.0. The molecule has 130 valence electrons. The Morgan fingerprint density at radius 1 is 0.769 bits per heavy atom. The van der Waals surface area contributed by atoms with Gasteiger partial charge in [-0.3, -0.25) is 0 Å². The molecule has 0 saturated heterocycles. The Kier molecular flexibility index (Phi) is 5.10. The molecule has 4 rings (SSSR count). The van der Waals surface area contributed by atoms with Crippen molar-refractivity contribution < 1.29 is 31.0 Å². The average molecular weight is 416 g/mol. The molecule has 3 unspecified atom stereocenters. The first kappa shape index (κ1) is 18.4. The second-order valence-electron chi connectivity index (χ2n) is 8.15. The van der Waals surface area contributed by atoms with Crippen LogP contribution in [-0.2, 0) is 31.0 Å². The van der Waals surface area contributed by atoms with E-state index in [2.05, 4.69) is 76.3 Å². The van der Waals surface area contributed by atoms with Crippen molar-refractivity contribution in [3.05, 3.63) is 80.9 Å². The van der Waals surface area contributed by atoms with E-state index in [-0.39, 0.29) is 0 Å². The fourth-order valence-electron chi connectivity index (χ4n) is 4.84. The molecule has 2 aromatic carbocycles. The first-order valence-electron chi connectivity index (χ1n) is 9.79. The predicted molar refractivity (Wildman–Crippen MR) is 108 cm³/mol. The number of hydrogen-bond acceptors (Lipinski definition) is 0. The summed E-state index contributed by atoms with van der Waals surface area (Å²) in [6.45, 7) is 9.05. The molecule has 26 heavy (non-hydrogen) atoms. The predicted octanol–water partition coefficient (Wildman–Crippen LogP) is 6.96. The molecule has 2 aromatic rings. The van der Waals surface area contributed by atoms with Crippen LogP contribution < -0.4 is 0 Å². The molecule has 0 bridgehead atoms. The van der Waals surface area contributed by atoms with E-state index >= 15 is 0 Å². The van der Waals surface area contributed by atoms with Crippen LogP contribution in [0.2, 0.25) is 2.73 Å². The van der Waals surface area contributed by atoms with Gasteiger partial charge in [0, 0.05) is 0 Å². The fourth-order valence-corrected chi connectivity index (χ4v) is 6.10. The maximum atomic E-state index is 2.48. The van der Waals surface area contributed by atoms with E-state index in [0.29, 0.717) is 11.8 Å². The molecular weight excluding hydrogens is 389 g/mol. The van der Waals surface area contributed by atoms with E-state index in [9.17, 15) is 0 Å². The van der Waals surface area contributed by atoms with Gasteiger partial charge in [-0.1, -0.05) is 0 Å². The third-order valence-corrected chi connectivity index (χ3v) is 8.23. The van der Waals surface area contributed by atoms with E-state index in [1.165, 1.54) is 77.2 Å². The van der Waals surface area contributed by atoms with Gasteiger partial charge >= 0.3 is 179 Å². The van der Waals surface area contributed by atoms with Crippen LogP contribution in [0.15, 0.2) is 36.4 Å². The Balaban J connectivity index is 1.51. The molecule has 0 fully saturated rings. The van der Waals surface area contributed by atoms with E-state index in [1.807, 2.05) is 0 Å². The molecule has 1 heteroatoms. The monoisotopic (exact) mass is 416 g/mol. The molecule has 0 N–H and O–H groups in total. The Labute approximate surface area is 178 Å². The number of benzene rings is 2. The van der Waals surface area contributed by atoms with Crippen molar-refractivity contribution in [1.82, 2.24) is 0 Å². The van der Waals surface area contributed by atoms with Crippen LogP contribution in [-0.4, -0.2) is 0 Å². The summed E-state index contributed by atoms with van der Waals surface area (Å²) < 4.78 is 0.806. The van der Waals surface area contributed by atoms with Gasteiger partial charge in [-0.15, -0.1) is 0 Å². The number of rotatable bonds is 4. The topological polar surface area (TPSA) is 0 Å². The van der Waals surface area contributed by atoms with Crippen molar-refractivity contribution in [2.24, 2.45) is 0 Å². The Hall–Kier alpha value is -0.976. The summed E-state index contributed by atoms with van der Waals surface area (Å²) >= 11 is 1.33. The van der Waals surface area contributed by atoms with Crippen molar-refractivity contribution in [3.63, 3.8) is 0 Å². The molecule has 0 aromatic heterocycles. The molecule has 3 atom stereocenters. The van der Waals surface area contributed by atoms with Gasteiger partial charge in [-0.2, -0.15) is 0 Å². The van der Waals surface area contributed by atoms with Crippen molar-refractivity contribution in [3.8, 4) is 0 Å². The minimum atomic E-state index is 0.614. The van der Waals surface area contributed by atoms with E-state index in [0.717, 1.165) is 2.73 Å². The van der Waals surface area contributed by atoms with Gasteiger partial charge in [-0.05, 0) is 0 Å². The minimum absolute atomic E-state index is 0.614. The molecule has 0 amide bonds. The van der Waals surface area contributed by atoms with Gasteiger partial charge in [0.25, 0.3) is 0 Å². The average Bonchev–Trinajstić information content (AvgIpc) is 3.25. The molecule has 0 aliphatic heterocycles. The van der Waals surface area contributed by atoms with Gasteiger partial charge in [0.1, 0.15) is 0 Å². The molecule has 0 radical (unpaired) electrons. The number of fused-ring (bicyclic) bond motifs is 2. The van der Waals surface area contributed by atoms with Crippen LogP contribution in [0.5, 0.6) is 0 Å². The second-order valence-corrected chi connectivity index (χ2v) is 10.2. The van der Waals surface area contributed by atoms with Crippen molar-refractivity contribution in [2.45, 2.75) is 55.1 Å². The molecule has 2 aliphatic carbocycles. The van der Waals surface area contributed by atoms with E-state index in [4.69, 9.17) is 0 Å². The molecule has 0 spiro atoms. The molecule has 0 heterocycles. The van der Waals surface area contributed by atoms with Gasteiger partial charge in [-0.25, -0.2) is 0 Å². The van der Waals surface area contributed by atoms with Crippen molar-refractivity contribution in [1.29, 1.82) is 0 Å². The van der Waals surface area contributed by atoms with Crippen LogP contribution in [0, 0.1) is 27.7 Å². The standard InChI is InChI=1S/C25H27.Y/c1-16-8-10-18(3)24-20(12-14-22(16)24)6-5-7-21-13-15-23-17(2)9-11-19(4)25(21)23;/h6,8-15,20-21H,5,7H2,1-4H3;. The maximum absolute atomic E-state index is 2.48.